The van der Waals surface area contributed by atoms with Crippen molar-refractivity contribution in [2.45, 2.75) is 32.0 Å². The number of amides is 1. The van der Waals surface area contributed by atoms with Gasteiger partial charge in [0.05, 0.1) is 18.3 Å². The number of carbonyl (C=O) groups excluding carboxylic acids is 1. The Morgan fingerprint density at radius 3 is 2.77 bits per heavy atom. The normalized spacial score (nSPS) is 19.3. The van der Waals surface area contributed by atoms with Crippen molar-refractivity contribution in [3.8, 4) is 0 Å². The van der Waals surface area contributed by atoms with Crippen LogP contribution in [0, 0.1) is 0 Å². The standard InChI is InChI=1S/C15H17BrF3NO2/c1-10-9-20(6-7-22-10)14(21)5-3-11-2-4-12(8-13(11)16)15(17,18)19/h2,4,8,10H,3,5-7,9H2,1H3. The molecular weight excluding hydrogens is 363 g/mol. The van der Waals surface area contributed by atoms with Gasteiger partial charge < -0.3 is 9.64 Å². The number of alkyl halides is 3. The topological polar surface area (TPSA) is 29.5 Å². The number of aryl methyl sites for hydroxylation is 1. The molecule has 0 aliphatic carbocycles. The summed E-state index contributed by atoms with van der Waals surface area (Å²) in [6.07, 6.45) is -3.66. The molecule has 0 aromatic heterocycles. The summed E-state index contributed by atoms with van der Waals surface area (Å²) in [5, 5.41) is 0. The van der Waals surface area contributed by atoms with Crippen molar-refractivity contribution in [1.82, 2.24) is 4.90 Å². The van der Waals surface area contributed by atoms with Gasteiger partial charge in [-0.25, -0.2) is 0 Å². The molecule has 3 nitrogen and oxygen atoms in total. The predicted octanol–water partition coefficient (Wildman–Crippen LogP) is 3.65. The number of ether oxygens (including phenoxy) is 1. The van der Waals surface area contributed by atoms with Gasteiger partial charge in [0.2, 0.25) is 5.91 Å². The molecule has 1 aromatic rings. The number of rotatable bonds is 3. The molecule has 122 valence electrons. The average Bonchev–Trinajstić information content (AvgIpc) is 2.44. The van der Waals surface area contributed by atoms with E-state index < -0.39 is 11.7 Å². The van der Waals surface area contributed by atoms with Gasteiger partial charge in [-0.1, -0.05) is 22.0 Å². The van der Waals surface area contributed by atoms with Crippen molar-refractivity contribution in [3.63, 3.8) is 0 Å². The van der Waals surface area contributed by atoms with E-state index in [1.165, 1.54) is 6.07 Å². The minimum Gasteiger partial charge on any atom is -0.375 e. The first-order valence-electron chi connectivity index (χ1n) is 7.02. The van der Waals surface area contributed by atoms with Crippen LogP contribution in [-0.2, 0) is 22.1 Å². The van der Waals surface area contributed by atoms with Gasteiger partial charge in [0.25, 0.3) is 0 Å². The molecule has 1 aromatic carbocycles. The summed E-state index contributed by atoms with van der Waals surface area (Å²) in [5.41, 5.74) is -0.000821. The summed E-state index contributed by atoms with van der Waals surface area (Å²) in [7, 11) is 0. The van der Waals surface area contributed by atoms with Crippen LogP contribution in [0.25, 0.3) is 0 Å². The number of nitrogens with zero attached hydrogens (tertiary/aromatic N) is 1. The first-order valence-corrected chi connectivity index (χ1v) is 7.81. The molecule has 1 amide bonds. The van der Waals surface area contributed by atoms with Crippen molar-refractivity contribution in [3.05, 3.63) is 33.8 Å². The maximum Gasteiger partial charge on any atom is 0.416 e. The van der Waals surface area contributed by atoms with Crippen LogP contribution in [0.1, 0.15) is 24.5 Å². The third-order valence-electron chi connectivity index (χ3n) is 3.58. The molecule has 22 heavy (non-hydrogen) atoms. The van der Waals surface area contributed by atoms with Crippen LogP contribution in [-0.4, -0.2) is 36.6 Å². The molecule has 0 bridgehead atoms. The average molecular weight is 380 g/mol. The predicted molar refractivity (Wildman–Crippen MR) is 79.5 cm³/mol. The molecule has 1 unspecified atom stereocenters. The highest BCUT2D eigenvalue weighted by atomic mass is 79.9. The number of halogens is 4. The van der Waals surface area contributed by atoms with Crippen LogP contribution >= 0.6 is 15.9 Å². The number of hydrogen-bond donors (Lipinski definition) is 0. The molecule has 1 heterocycles. The summed E-state index contributed by atoms with van der Waals surface area (Å²) in [4.78, 5) is 13.9. The molecular formula is C15H17BrF3NO2. The lowest BCUT2D eigenvalue weighted by atomic mass is 10.1. The molecule has 0 radical (unpaired) electrons. The zero-order valence-electron chi connectivity index (χ0n) is 12.1. The summed E-state index contributed by atoms with van der Waals surface area (Å²) in [6.45, 7) is 3.56. The fourth-order valence-electron chi connectivity index (χ4n) is 2.37. The lowest BCUT2D eigenvalue weighted by molar-refractivity contribution is -0.138. The molecule has 7 heteroatoms. The van der Waals surface area contributed by atoms with E-state index in [0.717, 1.165) is 12.1 Å². The van der Waals surface area contributed by atoms with Crippen LogP contribution in [0.5, 0.6) is 0 Å². The van der Waals surface area contributed by atoms with E-state index in [2.05, 4.69) is 15.9 Å². The molecule has 2 rings (SSSR count). The third kappa shape index (κ3) is 4.46. The van der Waals surface area contributed by atoms with E-state index in [9.17, 15) is 18.0 Å². The Bertz CT molecular complexity index is 548. The highest BCUT2D eigenvalue weighted by Crippen LogP contribution is 2.32. The molecule has 1 atom stereocenters. The lowest BCUT2D eigenvalue weighted by Gasteiger charge is -2.31. The van der Waals surface area contributed by atoms with Gasteiger partial charge in [-0.05, 0) is 31.0 Å². The highest BCUT2D eigenvalue weighted by Gasteiger charge is 2.30. The van der Waals surface area contributed by atoms with Crippen molar-refractivity contribution < 1.29 is 22.7 Å². The molecule has 1 fully saturated rings. The second-order valence-electron chi connectivity index (χ2n) is 5.33. The Morgan fingerprint density at radius 1 is 1.45 bits per heavy atom. The van der Waals surface area contributed by atoms with Gasteiger partial charge >= 0.3 is 6.18 Å². The second kappa shape index (κ2) is 7.00. The Balaban J connectivity index is 1.95. The largest absolute Gasteiger partial charge is 0.416 e. The van der Waals surface area contributed by atoms with E-state index in [1.807, 2.05) is 6.92 Å². The van der Waals surface area contributed by atoms with Gasteiger partial charge in [0.15, 0.2) is 0 Å². The quantitative estimate of drug-likeness (QED) is 0.802. The summed E-state index contributed by atoms with van der Waals surface area (Å²) in [6, 6.07) is 3.51. The number of carbonyl (C=O) groups is 1. The maximum atomic E-state index is 12.6. The Kier molecular flexibility index (Phi) is 5.50. The molecule has 0 N–H and O–H groups in total. The third-order valence-corrected chi connectivity index (χ3v) is 4.32. The van der Waals surface area contributed by atoms with E-state index in [-0.39, 0.29) is 18.4 Å². The monoisotopic (exact) mass is 379 g/mol. The van der Waals surface area contributed by atoms with Crippen molar-refractivity contribution in [1.29, 1.82) is 0 Å². The van der Waals surface area contributed by atoms with Gasteiger partial charge in [-0.3, -0.25) is 4.79 Å². The van der Waals surface area contributed by atoms with E-state index in [0.29, 0.717) is 36.2 Å². The maximum absolute atomic E-state index is 12.6. The minimum atomic E-state index is -4.36. The van der Waals surface area contributed by atoms with Gasteiger partial charge in [0.1, 0.15) is 0 Å². The lowest BCUT2D eigenvalue weighted by Crippen LogP contribution is -2.44. The van der Waals surface area contributed by atoms with Crippen LogP contribution < -0.4 is 0 Å². The fraction of sp³-hybridized carbons (Fsp3) is 0.533. The number of morpholine rings is 1. The zero-order valence-corrected chi connectivity index (χ0v) is 13.7. The smallest absolute Gasteiger partial charge is 0.375 e. The zero-order chi connectivity index (χ0) is 16.3. The molecule has 1 aliphatic rings. The summed E-state index contributed by atoms with van der Waals surface area (Å²) in [5.74, 6) is 0.00180. The Hall–Kier alpha value is -1.08. The SMILES string of the molecule is CC1CN(C(=O)CCc2ccc(C(F)(F)F)cc2Br)CCO1. The highest BCUT2D eigenvalue weighted by molar-refractivity contribution is 9.10. The van der Waals surface area contributed by atoms with Gasteiger partial charge in [0, 0.05) is 24.0 Å². The first-order chi connectivity index (χ1) is 10.3. The van der Waals surface area contributed by atoms with Crippen LogP contribution in [0.4, 0.5) is 13.2 Å². The summed E-state index contributed by atoms with van der Waals surface area (Å²) >= 11 is 3.15. The number of hydrogen-bond acceptors (Lipinski definition) is 2. The van der Waals surface area contributed by atoms with Crippen LogP contribution in [0.2, 0.25) is 0 Å². The van der Waals surface area contributed by atoms with Crippen molar-refractivity contribution in [2.75, 3.05) is 19.7 Å². The van der Waals surface area contributed by atoms with E-state index in [1.54, 1.807) is 4.90 Å². The van der Waals surface area contributed by atoms with Gasteiger partial charge in [-0.2, -0.15) is 13.2 Å². The Morgan fingerprint density at radius 2 is 2.18 bits per heavy atom. The number of benzene rings is 1. The van der Waals surface area contributed by atoms with Gasteiger partial charge in [-0.15, -0.1) is 0 Å². The molecule has 0 spiro atoms. The van der Waals surface area contributed by atoms with Crippen LogP contribution in [0.3, 0.4) is 0 Å². The van der Waals surface area contributed by atoms with Crippen molar-refractivity contribution >= 4 is 21.8 Å². The minimum absolute atomic E-state index is 0.00180. The van der Waals surface area contributed by atoms with Crippen molar-refractivity contribution in [2.24, 2.45) is 0 Å². The van der Waals surface area contributed by atoms with E-state index in [4.69, 9.17) is 4.74 Å². The summed E-state index contributed by atoms with van der Waals surface area (Å²) < 4.78 is 43.6. The molecule has 0 saturated carbocycles. The van der Waals surface area contributed by atoms with Crippen LogP contribution in [0.15, 0.2) is 22.7 Å². The first kappa shape index (κ1) is 17.3. The Labute approximate surface area is 135 Å². The second-order valence-corrected chi connectivity index (χ2v) is 6.18. The van der Waals surface area contributed by atoms with E-state index >= 15 is 0 Å². The fourth-order valence-corrected chi connectivity index (χ4v) is 2.95. The molecule has 1 saturated heterocycles. The molecule has 1 aliphatic heterocycles.